The molecule has 20 nitrogen and oxygen atoms in total. The van der Waals surface area contributed by atoms with Crippen LogP contribution in [-0.4, -0.2) is 48.7 Å². The van der Waals surface area contributed by atoms with Crippen LogP contribution in [0.15, 0.2) is 0 Å². The second kappa shape index (κ2) is 20.1. The van der Waals surface area contributed by atoms with Crippen LogP contribution in [0.5, 0.6) is 0 Å². The van der Waals surface area contributed by atoms with Crippen LogP contribution in [0.4, 0.5) is 0 Å². The van der Waals surface area contributed by atoms with Crippen LogP contribution in [0.3, 0.4) is 0 Å². The van der Waals surface area contributed by atoms with Crippen molar-refractivity contribution in [3.8, 4) is 0 Å². The Morgan fingerprint density at radius 3 is 1.44 bits per heavy atom. The Hall–Kier alpha value is 0.0500. The molecular formula is C9H34N4O16P4S+2. The summed E-state index contributed by atoms with van der Waals surface area (Å²) < 4.78 is 52.7. The third kappa shape index (κ3) is 34.2. The van der Waals surface area contributed by atoms with E-state index >= 15 is 0 Å². The lowest BCUT2D eigenvalue weighted by molar-refractivity contribution is -0.784. The molecule has 210 valence electrons. The summed E-state index contributed by atoms with van der Waals surface area (Å²) in [6, 6.07) is 0. The topological polar surface area (TPSA) is 377 Å². The quantitative estimate of drug-likeness (QED) is 0.0525. The number of amides is 2. The van der Waals surface area contributed by atoms with Gasteiger partial charge in [0.25, 0.3) is 15.6 Å². The zero-order valence-corrected chi connectivity index (χ0v) is 20.3. The van der Waals surface area contributed by atoms with Crippen LogP contribution in [0.1, 0.15) is 34.1 Å². The second-order valence-corrected chi connectivity index (χ2v) is 11.5. The Morgan fingerprint density at radius 1 is 0.912 bits per heavy atom. The second-order valence-electron chi connectivity index (χ2n) is 5.19. The summed E-state index contributed by atoms with van der Waals surface area (Å²) in [5.41, 5.74) is 6.57. The molecule has 0 aliphatic carbocycles. The van der Waals surface area contributed by atoms with E-state index in [0.717, 1.165) is 12.5 Å². The molecule has 0 heterocycles. The predicted octanol–water partition coefficient (Wildman–Crippen LogP) is -5.45. The highest BCUT2D eigenvalue weighted by molar-refractivity contribution is 7.80. The zero-order valence-electron chi connectivity index (χ0n) is 16.9. The van der Waals surface area contributed by atoms with Crippen LogP contribution in [0.25, 0.3) is 0 Å². The maximum Gasteiger partial charge on any atom is 0.564 e. The number of carbonyl (C=O) groups is 2. The number of rotatable bonds is 13. The van der Waals surface area contributed by atoms with E-state index in [1.54, 1.807) is 0 Å². The molecule has 0 radical (unpaired) electrons. The molecule has 0 saturated heterocycles. The number of thiol groups is 1. The highest BCUT2D eigenvalue weighted by atomic mass is 32.1. The van der Waals surface area contributed by atoms with Gasteiger partial charge in [0.15, 0.2) is 0 Å². The van der Waals surface area contributed by atoms with Gasteiger partial charge in [-0.25, -0.2) is 20.0 Å². The first-order valence-electron chi connectivity index (χ1n) is 7.93. The van der Waals surface area contributed by atoms with Gasteiger partial charge in [-0.3, -0.25) is 30.4 Å². The number of nitrogens with two attached hydrogens (primary N) is 2. The van der Waals surface area contributed by atoms with Crippen LogP contribution in [0, 0.1) is 5.92 Å². The molecule has 2 amide bonds. The lowest BCUT2D eigenvalue weighted by atomic mass is 10.00. The Balaban J connectivity index is -0.000000127. The van der Waals surface area contributed by atoms with E-state index in [4.69, 9.17) is 31.1 Å². The number of carbonyl (C=O) groups excluding carboxylic acids is 2. The minimum Gasteiger partial charge on any atom is -0.756 e. The molecule has 0 aliphatic rings. The SMILES string of the molecule is C.C.O=P([O-])(O)OP(=O)(O)[NH2+]O.O=P([O-])(O)OP(=O)(O)[NH2+]O.[3H]SCCC(CCC([NH3+])=O)C([NH3+])=O. The summed E-state index contributed by atoms with van der Waals surface area (Å²) in [5.74, 6) is 0.140. The molecule has 0 fully saturated rings. The van der Waals surface area contributed by atoms with Crippen molar-refractivity contribution < 1.29 is 98.2 Å². The van der Waals surface area contributed by atoms with Crippen molar-refractivity contribution in [2.24, 2.45) is 5.92 Å². The molecule has 0 rings (SSSR count). The summed E-state index contributed by atoms with van der Waals surface area (Å²) in [6.07, 6.45) is 1.48. The molecule has 0 saturated carbocycles. The van der Waals surface area contributed by atoms with Crippen LogP contribution < -0.4 is 31.8 Å². The van der Waals surface area contributed by atoms with Crippen molar-refractivity contribution in [1.29, 1.82) is 1.12 Å². The molecule has 25 heteroatoms. The molecular weight excluding hydrogens is 576 g/mol. The van der Waals surface area contributed by atoms with Crippen LogP contribution >= 0.6 is 43.7 Å². The molecule has 5 unspecified atom stereocenters. The number of quaternary nitrogens is 4. The summed E-state index contributed by atoms with van der Waals surface area (Å²) in [4.78, 5) is 72.8. The molecule has 5 atom stereocenters. The fourth-order valence-corrected chi connectivity index (χ4v) is 4.27. The summed E-state index contributed by atoms with van der Waals surface area (Å²) in [6.45, 7) is 0. The Morgan fingerprint density at radius 2 is 1.26 bits per heavy atom. The molecule has 34 heavy (non-hydrogen) atoms. The van der Waals surface area contributed by atoms with Gasteiger partial charge in [0.05, 0.1) is 12.3 Å². The van der Waals surface area contributed by atoms with Crippen molar-refractivity contribution in [3.05, 3.63) is 0 Å². The number of hydrogen-bond donors (Lipinski definition) is 11. The minimum absolute atomic E-state index is 0. The summed E-state index contributed by atoms with van der Waals surface area (Å²) >= 11 is 0.951. The molecule has 16 N–H and O–H groups in total. The summed E-state index contributed by atoms with van der Waals surface area (Å²) in [5, 5.41) is 14.9. The molecule has 0 bridgehead atoms. The van der Waals surface area contributed by atoms with Crippen LogP contribution in [-0.2, 0) is 36.5 Å². The Kier molecular flexibility index (Phi) is 24.4. The first-order chi connectivity index (χ1) is 14.6. The largest absolute Gasteiger partial charge is 0.756 e. The third-order valence-corrected chi connectivity index (χ3v) is 6.77. The Labute approximate surface area is 201 Å². The lowest BCUT2D eigenvalue weighted by Gasteiger charge is -2.14. The van der Waals surface area contributed by atoms with E-state index in [2.05, 4.69) is 20.1 Å². The first-order valence-corrected chi connectivity index (χ1v) is 14.4. The highest BCUT2D eigenvalue weighted by Gasteiger charge is 2.30. The summed E-state index contributed by atoms with van der Waals surface area (Å²) in [7, 11) is -19.9. The molecule has 0 aromatic carbocycles. The van der Waals surface area contributed by atoms with Gasteiger partial charge in [0.1, 0.15) is 1.12 Å². The molecule has 0 aliphatic heterocycles. The van der Waals surface area contributed by atoms with E-state index in [1.165, 1.54) is 0 Å². The fourth-order valence-electron chi connectivity index (χ4n) is 1.28. The molecule has 0 spiro atoms. The average Bonchev–Trinajstić information content (AvgIpc) is 2.58. The third-order valence-electron chi connectivity index (χ3n) is 2.43. The van der Waals surface area contributed by atoms with Gasteiger partial charge in [0.2, 0.25) is 0 Å². The number of phosphoric acid groups is 2. The first kappa shape index (κ1) is 41.2. The van der Waals surface area contributed by atoms with Gasteiger partial charge in [-0.1, -0.05) is 14.9 Å². The molecule has 0 aromatic heterocycles. The van der Waals surface area contributed by atoms with E-state index in [1.807, 2.05) is 0 Å². The molecule has 0 aromatic rings. The van der Waals surface area contributed by atoms with E-state index < -0.39 is 31.1 Å². The van der Waals surface area contributed by atoms with Crippen molar-refractivity contribution in [3.63, 3.8) is 0 Å². The standard InChI is InChI=1S/C7H14N2O2S.2CH4.2H5NO7P2/c8-6(10)2-1-5(3-4-12)7(9)11;;;2*2-1-9(3,4)8-10(5,6)7/h5,12H,1-4H2,(H2,8,10)(H2,9,11);2*1H4;2*2H,(H2,1,3,4)(H2,5,6,7)/p+2/i/hT. The van der Waals surface area contributed by atoms with Crippen molar-refractivity contribution >= 4 is 55.5 Å². The zero-order chi connectivity index (χ0) is 27.1. The van der Waals surface area contributed by atoms with Crippen molar-refractivity contribution in [2.45, 2.75) is 34.1 Å². The van der Waals surface area contributed by atoms with E-state index in [0.29, 0.717) is 25.0 Å². The van der Waals surface area contributed by atoms with E-state index in [9.17, 15) is 37.6 Å². The van der Waals surface area contributed by atoms with Gasteiger partial charge in [0, 0.05) is 0 Å². The van der Waals surface area contributed by atoms with Crippen LogP contribution in [0.2, 0.25) is 0 Å². The predicted molar refractivity (Wildman–Crippen MR) is 109 cm³/mol. The minimum atomic E-state index is -5.26. The van der Waals surface area contributed by atoms with Gasteiger partial charge in [-0.15, -0.1) is 10.5 Å². The van der Waals surface area contributed by atoms with Gasteiger partial charge < -0.3 is 19.6 Å². The van der Waals surface area contributed by atoms with E-state index in [-0.39, 0.29) is 43.1 Å². The van der Waals surface area contributed by atoms with Gasteiger partial charge >= 0.3 is 27.3 Å². The smallest absolute Gasteiger partial charge is 0.564 e. The van der Waals surface area contributed by atoms with Crippen molar-refractivity contribution in [2.75, 3.05) is 5.75 Å². The maximum atomic E-state index is 10.9. The Bertz CT molecular complexity index is 751. The van der Waals surface area contributed by atoms with Gasteiger partial charge in [-0.2, -0.15) is 30.3 Å². The average molecular weight is 612 g/mol. The lowest BCUT2D eigenvalue weighted by Crippen LogP contribution is -2.75. The monoisotopic (exact) mass is 612 g/mol. The maximum absolute atomic E-state index is 10.9. The fraction of sp³-hybridized carbons (Fsp3) is 0.778. The number of hydrogen-bond acceptors (Lipinski definition) is 13. The van der Waals surface area contributed by atoms with Gasteiger partial charge in [-0.05, 0) is 18.6 Å². The highest BCUT2D eigenvalue weighted by Crippen LogP contribution is 2.48. The van der Waals surface area contributed by atoms with Crippen molar-refractivity contribution in [1.82, 2.24) is 0 Å². The normalized spacial score (nSPS) is 18.5.